The minimum atomic E-state index is -0.962. The van der Waals surface area contributed by atoms with Crippen LogP contribution in [0.2, 0.25) is 0 Å². The van der Waals surface area contributed by atoms with Gasteiger partial charge in [-0.1, -0.05) is 12.1 Å². The summed E-state index contributed by atoms with van der Waals surface area (Å²) in [5, 5.41) is 19.9. The molecule has 118 valence electrons. The molecule has 0 aliphatic heterocycles. The molecule has 0 saturated carbocycles. The first-order valence-corrected chi connectivity index (χ1v) is 6.79. The number of carbonyl (C=O) groups is 2. The minimum Gasteiger partial charge on any atom is -0.481 e. The molecular formula is C15H19N3O4. The summed E-state index contributed by atoms with van der Waals surface area (Å²) in [5.74, 6) is -0.962. The van der Waals surface area contributed by atoms with E-state index < -0.39 is 5.97 Å². The quantitative estimate of drug-likeness (QED) is 0.751. The molecule has 0 bridgehead atoms. The second kappa shape index (κ2) is 9.37. The maximum atomic E-state index is 12.1. The van der Waals surface area contributed by atoms with E-state index in [1.54, 1.807) is 31.4 Å². The lowest BCUT2D eigenvalue weighted by Crippen LogP contribution is -2.41. The topological polar surface area (TPSA) is 103 Å². The summed E-state index contributed by atoms with van der Waals surface area (Å²) in [6, 6.07) is 8.62. The fourth-order valence-corrected chi connectivity index (χ4v) is 1.75. The largest absolute Gasteiger partial charge is 0.481 e. The van der Waals surface area contributed by atoms with Crippen LogP contribution in [-0.2, 0) is 16.1 Å². The summed E-state index contributed by atoms with van der Waals surface area (Å²) in [7, 11) is 1.54. The molecule has 2 N–H and O–H groups in total. The average molecular weight is 305 g/mol. The lowest BCUT2D eigenvalue weighted by atomic mass is 10.1. The third kappa shape index (κ3) is 6.24. The highest BCUT2D eigenvalue weighted by molar-refractivity contribution is 5.75. The zero-order chi connectivity index (χ0) is 16.4. The van der Waals surface area contributed by atoms with Gasteiger partial charge in [-0.3, -0.25) is 4.79 Å². The molecule has 2 amide bonds. The number of carboxylic acids is 1. The lowest BCUT2D eigenvalue weighted by Gasteiger charge is -2.23. The first-order valence-electron chi connectivity index (χ1n) is 6.79. The van der Waals surface area contributed by atoms with E-state index in [1.165, 1.54) is 4.90 Å². The van der Waals surface area contributed by atoms with Crippen LogP contribution in [0.25, 0.3) is 0 Å². The van der Waals surface area contributed by atoms with Gasteiger partial charge in [0.15, 0.2) is 0 Å². The molecule has 0 radical (unpaired) electrons. The minimum absolute atomic E-state index is 0.0744. The standard InChI is InChI=1S/C15H19N3O4/c1-22-9-8-18(15(21)17-7-6-14(19)20)11-13-4-2-12(10-16)3-5-13/h2-5H,6-9,11H2,1H3,(H,17,21)(H,19,20). The van der Waals surface area contributed by atoms with Crippen molar-refractivity contribution in [3.05, 3.63) is 35.4 Å². The predicted octanol–water partition coefficient (Wildman–Crippen LogP) is 1.19. The summed E-state index contributed by atoms with van der Waals surface area (Å²) >= 11 is 0. The summed E-state index contributed by atoms with van der Waals surface area (Å²) in [4.78, 5) is 24.1. The number of urea groups is 1. The molecule has 0 aliphatic rings. The fraction of sp³-hybridized carbons (Fsp3) is 0.400. The Morgan fingerprint density at radius 3 is 2.59 bits per heavy atom. The molecule has 1 rings (SSSR count). The van der Waals surface area contributed by atoms with Gasteiger partial charge in [0.05, 0.1) is 24.7 Å². The van der Waals surface area contributed by atoms with Gasteiger partial charge < -0.3 is 20.1 Å². The van der Waals surface area contributed by atoms with Crippen LogP contribution in [0.1, 0.15) is 17.5 Å². The van der Waals surface area contributed by atoms with Crippen molar-refractivity contribution in [3.63, 3.8) is 0 Å². The summed E-state index contributed by atoms with van der Waals surface area (Å²) < 4.78 is 4.98. The molecule has 0 unspecified atom stereocenters. The number of carbonyl (C=O) groups excluding carboxylic acids is 1. The van der Waals surface area contributed by atoms with Gasteiger partial charge in [-0.15, -0.1) is 0 Å². The van der Waals surface area contributed by atoms with Crippen molar-refractivity contribution in [2.24, 2.45) is 0 Å². The molecule has 0 atom stereocenters. The Morgan fingerprint density at radius 1 is 1.36 bits per heavy atom. The Kier molecular flexibility index (Phi) is 7.43. The van der Waals surface area contributed by atoms with E-state index >= 15 is 0 Å². The number of benzene rings is 1. The van der Waals surface area contributed by atoms with E-state index in [9.17, 15) is 9.59 Å². The molecule has 1 aromatic carbocycles. The Hall–Kier alpha value is -2.59. The molecular weight excluding hydrogens is 286 g/mol. The number of aliphatic carboxylic acids is 1. The van der Waals surface area contributed by atoms with Crippen LogP contribution in [0.3, 0.4) is 0 Å². The summed E-state index contributed by atoms with van der Waals surface area (Å²) in [5.41, 5.74) is 1.43. The van der Waals surface area contributed by atoms with Gasteiger partial charge in [-0.25, -0.2) is 4.79 Å². The van der Waals surface area contributed by atoms with Gasteiger partial charge in [0.25, 0.3) is 0 Å². The van der Waals surface area contributed by atoms with E-state index in [4.69, 9.17) is 15.1 Å². The average Bonchev–Trinajstić information content (AvgIpc) is 2.51. The van der Waals surface area contributed by atoms with E-state index in [0.717, 1.165) is 5.56 Å². The zero-order valence-corrected chi connectivity index (χ0v) is 12.4. The first-order chi connectivity index (χ1) is 10.6. The summed E-state index contributed by atoms with van der Waals surface area (Å²) in [6.45, 7) is 1.19. The molecule has 0 aromatic heterocycles. The number of nitrogens with one attached hydrogen (secondary N) is 1. The maximum absolute atomic E-state index is 12.1. The molecule has 1 aromatic rings. The number of amides is 2. The lowest BCUT2D eigenvalue weighted by molar-refractivity contribution is -0.136. The SMILES string of the molecule is COCCN(Cc1ccc(C#N)cc1)C(=O)NCCC(=O)O. The maximum Gasteiger partial charge on any atom is 0.317 e. The van der Waals surface area contributed by atoms with Crippen LogP contribution in [0.4, 0.5) is 4.79 Å². The third-order valence-corrected chi connectivity index (χ3v) is 2.92. The predicted molar refractivity (Wildman–Crippen MR) is 79.1 cm³/mol. The first kappa shape index (κ1) is 17.5. The van der Waals surface area contributed by atoms with Crippen LogP contribution in [0.5, 0.6) is 0 Å². The van der Waals surface area contributed by atoms with Gasteiger partial charge in [0.2, 0.25) is 0 Å². The van der Waals surface area contributed by atoms with Crippen LogP contribution >= 0.6 is 0 Å². The smallest absolute Gasteiger partial charge is 0.317 e. The molecule has 22 heavy (non-hydrogen) atoms. The number of ether oxygens (including phenoxy) is 1. The van der Waals surface area contributed by atoms with Crippen LogP contribution in [0, 0.1) is 11.3 Å². The van der Waals surface area contributed by atoms with E-state index in [2.05, 4.69) is 5.32 Å². The van der Waals surface area contributed by atoms with Gasteiger partial charge in [0.1, 0.15) is 0 Å². The van der Waals surface area contributed by atoms with Gasteiger partial charge in [0, 0.05) is 26.7 Å². The summed E-state index contributed by atoms with van der Waals surface area (Å²) in [6.07, 6.45) is -0.124. The van der Waals surface area contributed by atoms with E-state index in [0.29, 0.717) is 25.3 Å². The van der Waals surface area contributed by atoms with E-state index in [1.807, 2.05) is 6.07 Å². The van der Waals surface area contributed by atoms with Crippen molar-refractivity contribution in [1.29, 1.82) is 5.26 Å². The third-order valence-electron chi connectivity index (χ3n) is 2.92. The number of hydrogen-bond donors (Lipinski definition) is 2. The number of rotatable bonds is 8. The number of nitriles is 1. The highest BCUT2D eigenvalue weighted by atomic mass is 16.5. The normalized spacial score (nSPS) is 9.82. The number of hydrogen-bond acceptors (Lipinski definition) is 4. The fourth-order valence-electron chi connectivity index (χ4n) is 1.75. The van der Waals surface area contributed by atoms with Crippen molar-refractivity contribution < 1.29 is 19.4 Å². The van der Waals surface area contributed by atoms with Crippen molar-refractivity contribution in [2.45, 2.75) is 13.0 Å². The Labute approximate surface area is 129 Å². The van der Waals surface area contributed by atoms with E-state index in [-0.39, 0.29) is 19.0 Å². The van der Waals surface area contributed by atoms with Crippen molar-refractivity contribution in [2.75, 3.05) is 26.8 Å². The van der Waals surface area contributed by atoms with Crippen LogP contribution in [0.15, 0.2) is 24.3 Å². The second-order valence-electron chi connectivity index (χ2n) is 4.60. The van der Waals surface area contributed by atoms with Gasteiger partial charge in [-0.2, -0.15) is 5.26 Å². The Bertz CT molecular complexity index is 537. The van der Waals surface area contributed by atoms with Crippen LogP contribution < -0.4 is 5.32 Å². The van der Waals surface area contributed by atoms with Crippen molar-refractivity contribution in [3.8, 4) is 6.07 Å². The highest BCUT2D eigenvalue weighted by Gasteiger charge is 2.13. The molecule has 0 aliphatic carbocycles. The molecule has 7 nitrogen and oxygen atoms in total. The molecule has 0 fully saturated rings. The Balaban J connectivity index is 2.63. The number of nitrogens with zero attached hydrogens (tertiary/aromatic N) is 2. The Morgan fingerprint density at radius 2 is 2.05 bits per heavy atom. The number of carboxylic acid groups (broad SMARTS) is 1. The molecule has 0 spiro atoms. The molecule has 0 saturated heterocycles. The number of methoxy groups -OCH3 is 1. The highest BCUT2D eigenvalue weighted by Crippen LogP contribution is 2.07. The van der Waals surface area contributed by atoms with Gasteiger partial charge >= 0.3 is 12.0 Å². The molecule has 7 heteroatoms. The van der Waals surface area contributed by atoms with Gasteiger partial charge in [-0.05, 0) is 17.7 Å². The zero-order valence-electron chi connectivity index (χ0n) is 12.4. The second-order valence-corrected chi connectivity index (χ2v) is 4.60. The van der Waals surface area contributed by atoms with Crippen LogP contribution in [-0.4, -0.2) is 48.8 Å². The van der Waals surface area contributed by atoms with Crippen molar-refractivity contribution >= 4 is 12.0 Å². The van der Waals surface area contributed by atoms with Crippen molar-refractivity contribution in [1.82, 2.24) is 10.2 Å². The molecule has 0 heterocycles. The monoisotopic (exact) mass is 305 g/mol.